The van der Waals surface area contributed by atoms with Crippen LogP contribution in [0.2, 0.25) is 0 Å². The van der Waals surface area contributed by atoms with Crippen molar-refractivity contribution in [3.8, 4) is 5.69 Å². The van der Waals surface area contributed by atoms with E-state index < -0.39 is 17.4 Å². The number of para-hydroxylation sites is 2. The van der Waals surface area contributed by atoms with Crippen LogP contribution in [-0.2, 0) is 15.1 Å². The maximum atomic E-state index is 14.7. The van der Waals surface area contributed by atoms with E-state index in [4.69, 9.17) is 4.98 Å². The molecule has 4 atom stereocenters. The molecule has 4 aromatic carbocycles. The third-order valence-electron chi connectivity index (χ3n) is 9.02. The SMILES string of the molecule is CC(C)[C@H]1N[C@]2(c3ccccc3-n3c2nc2ccccc2c3=O)[C@H]2C(=O)N(c3cccc4ccccc34)C(=O)[C@@H]12. The number of imide groups is 1. The van der Waals surface area contributed by atoms with E-state index in [2.05, 4.69) is 19.2 Å². The number of anilines is 1. The molecule has 40 heavy (non-hydrogen) atoms. The van der Waals surface area contributed by atoms with E-state index in [0.29, 0.717) is 28.1 Å². The van der Waals surface area contributed by atoms with Crippen molar-refractivity contribution in [1.29, 1.82) is 0 Å². The summed E-state index contributed by atoms with van der Waals surface area (Å²) in [7, 11) is 0. The van der Waals surface area contributed by atoms with Crippen molar-refractivity contribution in [2.45, 2.75) is 25.4 Å². The van der Waals surface area contributed by atoms with Crippen LogP contribution in [-0.4, -0.2) is 27.4 Å². The molecule has 0 bridgehead atoms. The van der Waals surface area contributed by atoms with Crippen LogP contribution in [0.3, 0.4) is 0 Å². The number of nitrogens with one attached hydrogen (secondary N) is 1. The summed E-state index contributed by atoms with van der Waals surface area (Å²) in [6, 6.07) is 28.1. The lowest BCUT2D eigenvalue weighted by atomic mass is 9.75. The number of hydrogen-bond donors (Lipinski definition) is 1. The van der Waals surface area contributed by atoms with Gasteiger partial charge in [0.25, 0.3) is 5.56 Å². The molecule has 5 aromatic rings. The number of hydrogen-bond acceptors (Lipinski definition) is 5. The fraction of sp³-hybridized carbons (Fsp3) is 0.212. The number of rotatable bonds is 2. The van der Waals surface area contributed by atoms with Gasteiger partial charge in [-0.2, -0.15) is 0 Å². The highest BCUT2D eigenvalue weighted by molar-refractivity contribution is 6.26. The number of benzene rings is 4. The Balaban J connectivity index is 1.43. The van der Waals surface area contributed by atoms with E-state index in [-0.39, 0.29) is 29.3 Å². The highest BCUT2D eigenvalue weighted by Gasteiger charge is 2.70. The third-order valence-corrected chi connectivity index (χ3v) is 9.02. The highest BCUT2D eigenvalue weighted by Crippen LogP contribution is 2.56. The molecule has 1 aromatic heterocycles. The van der Waals surface area contributed by atoms with E-state index in [9.17, 15) is 14.4 Å². The molecule has 8 rings (SSSR count). The molecule has 2 saturated heterocycles. The van der Waals surface area contributed by atoms with Gasteiger partial charge in [-0.25, -0.2) is 9.88 Å². The van der Waals surface area contributed by atoms with Crippen molar-refractivity contribution in [1.82, 2.24) is 14.9 Å². The smallest absolute Gasteiger partial charge is 0.266 e. The van der Waals surface area contributed by atoms with Gasteiger partial charge in [0.1, 0.15) is 11.4 Å². The molecule has 3 aliphatic rings. The largest absolute Gasteiger partial charge is 0.296 e. The summed E-state index contributed by atoms with van der Waals surface area (Å²) in [6.07, 6.45) is 0. The van der Waals surface area contributed by atoms with Crippen LogP contribution >= 0.6 is 0 Å². The van der Waals surface area contributed by atoms with Crippen molar-refractivity contribution in [2.24, 2.45) is 17.8 Å². The van der Waals surface area contributed by atoms with Gasteiger partial charge in [0.2, 0.25) is 11.8 Å². The fourth-order valence-corrected chi connectivity index (χ4v) is 7.37. The maximum Gasteiger partial charge on any atom is 0.266 e. The first-order valence-corrected chi connectivity index (χ1v) is 13.7. The lowest BCUT2D eigenvalue weighted by molar-refractivity contribution is -0.123. The van der Waals surface area contributed by atoms with Gasteiger partial charge < -0.3 is 0 Å². The van der Waals surface area contributed by atoms with Crippen LogP contribution in [0.1, 0.15) is 25.2 Å². The maximum absolute atomic E-state index is 14.7. The Morgan fingerprint density at radius 2 is 1.45 bits per heavy atom. The van der Waals surface area contributed by atoms with Crippen LogP contribution < -0.4 is 15.8 Å². The van der Waals surface area contributed by atoms with Gasteiger partial charge in [-0.1, -0.05) is 80.6 Å². The molecule has 7 nitrogen and oxygen atoms in total. The Labute approximate surface area is 230 Å². The number of nitrogens with zero attached hydrogens (tertiary/aromatic N) is 3. The van der Waals surface area contributed by atoms with Crippen LogP contribution in [0.25, 0.3) is 27.4 Å². The minimum Gasteiger partial charge on any atom is -0.296 e. The second-order valence-corrected chi connectivity index (χ2v) is 11.3. The molecular weight excluding hydrogens is 500 g/mol. The first kappa shape index (κ1) is 23.3. The van der Waals surface area contributed by atoms with Crippen molar-refractivity contribution < 1.29 is 9.59 Å². The molecular formula is C33H26N4O3. The molecule has 3 aliphatic heterocycles. The molecule has 0 unspecified atom stereocenters. The van der Waals surface area contributed by atoms with Crippen LogP contribution in [0.15, 0.2) is 95.8 Å². The first-order valence-electron chi connectivity index (χ1n) is 13.7. The molecule has 2 amide bonds. The summed E-state index contributed by atoms with van der Waals surface area (Å²) < 4.78 is 1.64. The van der Waals surface area contributed by atoms with Crippen molar-refractivity contribution >= 4 is 39.2 Å². The molecule has 0 saturated carbocycles. The Bertz CT molecular complexity index is 1970. The summed E-state index contributed by atoms with van der Waals surface area (Å²) in [6.45, 7) is 4.13. The van der Waals surface area contributed by atoms with Gasteiger partial charge in [0, 0.05) is 17.0 Å². The lowest BCUT2D eigenvalue weighted by Gasteiger charge is -2.32. The number of carbonyl (C=O) groups is 2. The van der Waals surface area contributed by atoms with Crippen LogP contribution in [0.4, 0.5) is 5.69 Å². The molecule has 2 fully saturated rings. The second-order valence-electron chi connectivity index (χ2n) is 11.3. The molecule has 0 aliphatic carbocycles. The second kappa shape index (κ2) is 7.96. The highest BCUT2D eigenvalue weighted by atomic mass is 16.2. The third kappa shape index (κ3) is 2.72. The normalized spacial score (nSPS) is 24.9. The van der Waals surface area contributed by atoms with E-state index in [1.807, 2.05) is 84.9 Å². The summed E-state index contributed by atoms with van der Waals surface area (Å²) in [4.78, 5) is 49.4. The van der Waals surface area contributed by atoms with Gasteiger partial charge in [-0.05, 0) is 35.6 Å². The average molecular weight is 527 g/mol. The summed E-state index contributed by atoms with van der Waals surface area (Å²) in [5.74, 6) is -1.36. The van der Waals surface area contributed by atoms with E-state index in [1.165, 1.54) is 4.90 Å². The summed E-state index contributed by atoms with van der Waals surface area (Å²) in [5, 5.41) is 6.07. The van der Waals surface area contributed by atoms with Crippen molar-refractivity contribution in [3.63, 3.8) is 0 Å². The van der Waals surface area contributed by atoms with Crippen LogP contribution in [0, 0.1) is 17.8 Å². The zero-order valence-electron chi connectivity index (χ0n) is 22.0. The standard InChI is InChI=1S/C33H26N4O3/c1-18(2)28-26-27(31(40)36(30(26)39)24-17-9-11-19-10-3-4-12-20(19)24)33(35-28)22-14-6-8-16-25(22)37-29(38)21-13-5-7-15-23(21)34-32(33)37/h3-18,26-28,35H,1-2H3/t26-,27-,28-,33-/m1/s1. The Kier molecular flexibility index (Phi) is 4.63. The monoisotopic (exact) mass is 526 g/mol. The Morgan fingerprint density at radius 1 is 0.775 bits per heavy atom. The van der Waals surface area contributed by atoms with Gasteiger partial charge in [-0.3, -0.25) is 24.3 Å². The average Bonchev–Trinajstić information content (AvgIpc) is 3.56. The van der Waals surface area contributed by atoms with Gasteiger partial charge in [0.15, 0.2) is 0 Å². The molecule has 1 spiro atoms. The quantitative estimate of drug-likeness (QED) is 0.342. The zero-order valence-corrected chi connectivity index (χ0v) is 22.0. The predicted octanol–water partition coefficient (Wildman–Crippen LogP) is 4.53. The molecule has 1 N–H and O–H groups in total. The van der Waals surface area contributed by atoms with Crippen LogP contribution in [0.5, 0.6) is 0 Å². The first-order chi connectivity index (χ1) is 19.4. The minimum atomic E-state index is -1.13. The Hall–Kier alpha value is -4.62. The number of carbonyl (C=O) groups excluding carboxylic acids is 2. The van der Waals surface area contributed by atoms with Gasteiger partial charge in [-0.15, -0.1) is 0 Å². The lowest BCUT2D eigenvalue weighted by Crippen LogP contribution is -2.51. The molecule has 0 radical (unpaired) electrons. The molecule has 196 valence electrons. The number of aromatic nitrogens is 2. The molecule has 7 heteroatoms. The zero-order chi connectivity index (χ0) is 27.3. The van der Waals surface area contributed by atoms with Crippen molar-refractivity contribution in [3.05, 3.63) is 113 Å². The summed E-state index contributed by atoms with van der Waals surface area (Å²) in [5.41, 5.74) is 1.34. The number of fused-ring (bicyclic) bond motifs is 9. The van der Waals surface area contributed by atoms with E-state index in [0.717, 1.165) is 16.3 Å². The topological polar surface area (TPSA) is 84.3 Å². The Morgan fingerprint density at radius 3 is 2.27 bits per heavy atom. The van der Waals surface area contributed by atoms with Crippen molar-refractivity contribution in [2.75, 3.05) is 4.90 Å². The summed E-state index contributed by atoms with van der Waals surface area (Å²) >= 11 is 0. The minimum absolute atomic E-state index is 0.0458. The fourth-order valence-electron chi connectivity index (χ4n) is 7.37. The van der Waals surface area contributed by atoms with E-state index >= 15 is 0 Å². The predicted molar refractivity (Wildman–Crippen MR) is 153 cm³/mol. The van der Waals surface area contributed by atoms with Gasteiger partial charge >= 0.3 is 0 Å². The molecule has 4 heterocycles. The van der Waals surface area contributed by atoms with E-state index in [1.54, 1.807) is 10.6 Å². The number of amides is 2. The van der Waals surface area contributed by atoms with Gasteiger partial charge in [0.05, 0.1) is 34.1 Å².